The first-order chi connectivity index (χ1) is 10.3. The summed E-state index contributed by atoms with van der Waals surface area (Å²) >= 11 is 0. The molecule has 0 atom stereocenters. The van der Waals surface area contributed by atoms with Gasteiger partial charge in [-0.1, -0.05) is 48.5 Å². The fourth-order valence-corrected chi connectivity index (χ4v) is 2.22. The topological polar surface area (TPSA) is 49.3 Å². The van der Waals surface area contributed by atoms with E-state index in [9.17, 15) is 4.79 Å². The van der Waals surface area contributed by atoms with Gasteiger partial charge in [-0.05, 0) is 36.5 Å². The van der Waals surface area contributed by atoms with Crippen molar-refractivity contribution >= 4 is 11.6 Å². The first kappa shape index (κ1) is 15.3. The molecule has 0 fully saturated rings. The minimum absolute atomic E-state index is 0.00367. The number of carbonyl (C=O) groups is 1. The van der Waals surface area contributed by atoms with Crippen molar-refractivity contribution in [1.82, 2.24) is 0 Å². The normalized spacial score (nSPS) is 10.3. The molecule has 2 aromatic carbocycles. The maximum atomic E-state index is 11.9. The zero-order valence-electron chi connectivity index (χ0n) is 12.1. The SMILES string of the molecule is O=C(CCCCO)Nc1ccccc1Cc1ccccc1. The molecule has 2 aromatic rings. The summed E-state index contributed by atoms with van der Waals surface area (Å²) in [4.78, 5) is 11.9. The highest BCUT2D eigenvalue weighted by atomic mass is 16.2. The fraction of sp³-hybridized carbons (Fsp3) is 0.278. The van der Waals surface area contributed by atoms with Gasteiger partial charge in [0, 0.05) is 18.7 Å². The summed E-state index contributed by atoms with van der Waals surface area (Å²) in [5, 5.41) is 11.7. The van der Waals surface area contributed by atoms with Crippen molar-refractivity contribution in [3.63, 3.8) is 0 Å². The van der Waals surface area contributed by atoms with Crippen LogP contribution in [0.2, 0.25) is 0 Å². The predicted molar refractivity (Wildman–Crippen MR) is 85.3 cm³/mol. The van der Waals surface area contributed by atoms with Crippen LogP contribution in [0.5, 0.6) is 0 Å². The minimum atomic E-state index is 0.00367. The minimum Gasteiger partial charge on any atom is -0.396 e. The summed E-state index contributed by atoms with van der Waals surface area (Å²) in [6.45, 7) is 0.137. The molecule has 110 valence electrons. The van der Waals surface area contributed by atoms with Gasteiger partial charge in [-0.25, -0.2) is 0 Å². The van der Waals surface area contributed by atoms with Crippen LogP contribution in [0.3, 0.4) is 0 Å². The highest BCUT2D eigenvalue weighted by Crippen LogP contribution is 2.19. The maximum Gasteiger partial charge on any atom is 0.224 e. The predicted octanol–water partition coefficient (Wildman–Crippen LogP) is 3.38. The third kappa shape index (κ3) is 5.04. The van der Waals surface area contributed by atoms with E-state index < -0.39 is 0 Å². The lowest BCUT2D eigenvalue weighted by molar-refractivity contribution is -0.116. The van der Waals surface area contributed by atoms with E-state index in [1.54, 1.807) is 0 Å². The Morgan fingerprint density at radius 1 is 0.952 bits per heavy atom. The monoisotopic (exact) mass is 283 g/mol. The van der Waals surface area contributed by atoms with Crippen LogP contribution in [0.15, 0.2) is 54.6 Å². The Bertz CT molecular complexity index is 566. The van der Waals surface area contributed by atoms with Crippen molar-refractivity contribution in [2.75, 3.05) is 11.9 Å². The average Bonchev–Trinajstić information content (AvgIpc) is 2.51. The lowest BCUT2D eigenvalue weighted by Gasteiger charge is -2.11. The molecule has 3 nitrogen and oxygen atoms in total. The van der Waals surface area contributed by atoms with Crippen molar-refractivity contribution in [2.45, 2.75) is 25.7 Å². The summed E-state index contributed by atoms with van der Waals surface area (Å²) in [5.74, 6) is 0.00367. The smallest absolute Gasteiger partial charge is 0.224 e. The second-order valence-corrected chi connectivity index (χ2v) is 5.05. The quantitative estimate of drug-likeness (QED) is 0.765. The largest absolute Gasteiger partial charge is 0.396 e. The Morgan fingerprint density at radius 2 is 1.67 bits per heavy atom. The molecule has 1 amide bonds. The Hall–Kier alpha value is -2.13. The molecule has 0 unspecified atom stereocenters. The number of amides is 1. The van der Waals surface area contributed by atoms with Crippen LogP contribution < -0.4 is 5.32 Å². The summed E-state index contributed by atoms with van der Waals surface area (Å²) < 4.78 is 0. The van der Waals surface area contributed by atoms with Gasteiger partial charge in [0.25, 0.3) is 0 Å². The van der Waals surface area contributed by atoms with E-state index in [2.05, 4.69) is 17.4 Å². The molecule has 0 bridgehead atoms. The van der Waals surface area contributed by atoms with Crippen LogP contribution in [-0.4, -0.2) is 17.6 Å². The van der Waals surface area contributed by atoms with Crippen LogP contribution >= 0.6 is 0 Å². The molecule has 0 aliphatic heterocycles. The van der Waals surface area contributed by atoms with Gasteiger partial charge in [-0.3, -0.25) is 4.79 Å². The number of benzene rings is 2. The second kappa shape index (κ2) is 8.22. The van der Waals surface area contributed by atoms with Gasteiger partial charge in [-0.2, -0.15) is 0 Å². The van der Waals surface area contributed by atoms with Crippen LogP contribution in [0, 0.1) is 0 Å². The zero-order chi connectivity index (χ0) is 14.9. The third-order valence-corrected chi connectivity index (χ3v) is 3.34. The molecule has 3 heteroatoms. The van der Waals surface area contributed by atoms with Gasteiger partial charge in [0.05, 0.1) is 0 Å². The van der Waals surface area contributed by atoms with E-state index in [1.165, 1.54) is 5.56 Å². The Morgan fingerprint density at radius 3 is 2.43 bits per heavy atom. The van der Waals surface area contributed by atoms with Crippen LogP contribution in [-0.2, 0) is 11.2 Å². The van der Waals surface area contributed by atoms with Crippen LogP contribution in [0.1, 0.15) is 30.4 Å². The second-order valence-electron chi connectivity index (χ2n) is 5.05. The lowest BCUT2D eigenvalue weighted by atomic mass is 10.0. The molecule has 0 saturated carbocycles. The summed E-state index contributed by atoms with van der Waals surface area (Å²) in [7, 11) is 0. The molecule has 0 aliphatic carbocycles. The maximum absolute atomic E-state index is 11.9. The van der Waals surface area contributed by atoms with Gasteiger partial charge >= 0.3 is 0 Å². The average molecular weight is 283 g/mol. The number of hydrogen-bond acceptors (Lipinski definition) is 2. The van der Waals surface area contributed by atoms with Gasteiger partial charge < -0.3 is 10.4 Å². The van der Waals surface area contributed by atoms with Crippen molar-refractivity contribution in [3.05, 3.63) is 65.7 Å². The van der Waals surface area contributed by atoms with E-state index in [-0.39, 0.29) is 12.5 Å². The van der Waals surface area contributed by atoms with E-state index in [0.29, 0.717) is 19.3 Å². The highest BCUT2D eigenvalue weighted by molar-refractivity contribution is 5.91. The van der Waals surface area contributed by atoms with Gasteiger partial charge in [-0.15, -0.1) is 0 Å². The van der Waals surface area contributed by atoms with Crippen molar-refractivity contribution in [2.24, 2.45) is 0 Å². The van der Waals surface area contributed by atoms with Crippen molar-refractivity contribution in [1.29, 1.82) is 0 Å². The van der Waals surface area contributed by atoms with Gasteiger partial charge in [0.15, 0.2) is 0 Å². The lowest BCUT2D eigenvalue weighted by Crippen LogP contribution is -2.13. The third-order valence-electron chi connectivity index (χ3n) is 3.34. The number of hydrogen-bond donors (Lipinski definition) is 2. The molecule has 0 aliphatic rings. The summed E-state index contributed by atoms with van der Waals surface area (Å²) in [6.07, 6.45) is 2.62. The molecule has 0 aromatic heterocycles. The van der Waals surface area contributed by atoms with E-state index in [0.717, 1.165) is 17.7 Å². The highest BCUT2D eigenvalue weighted by Gasteiger charge is 2.07. The number of aliphatic hydroxyl groups is 1. The Kier molecular flexibility index (Phi) is 5.98. The molecule has 0 saturated heterocycles. The molecule has 2 rings (SSSR count). The van der Waals surface area contributed by atoms with Gasteiger partial charge in [0.1, 0.15) is 0 Å². The number of anilines is 1. The van der Waals surface area contributed by atoms with Gasteiger partial charge in [0.2, 0.25) is 5.91 Å². The molecule has 0 spiro atoms. The molecule has 2 N–H and O–H groups in total. The molecular weight excluding hydrogens is 262 g/mol. The number of aliphatic hydroxyl groups excluding tert-OH is 1. The molecule has 0 heterocycles. The first-order valence-electron chi connectivity index (χ1n) is 7.32. The Labute approximate surface area is 125 Å². The zero-order valence-corrected chi connectivity index (χ0v) is 12.1. The summed E-state index contributed by atoms with van der Waals surface area (Å²) in [5.41, 5.74) is 3.20. The Balaban J connectivity index is 2.01. The van der Waals surface area contributed by atoms with Crippen molar-refractivity contribution in [3.8, 4) is 0 Å². The number of carbonyl (C=O) groups excluding carboxylic acids is 1. The van der Waals surface area contributed by atoms with Crippen LogP contribution in [0.4, 0.5) is 5.69 Å². The number of rotatable bonds is 7. The summed E-state index contributed by atoms with van der Waals surface area (Å²) in [6, 6.07) is 18.1. The molecule has 21 heavy (non-hydrogen) atoms. The molecular formula is C18H21NO2. The van der Waals surface area contributed by atoms with E-state index >= 15 is 0 Å². The fourth-order valence-electron chi connectivity index (χ4n) is 2.22. The number of para-hydroxylation sites is 1. The van der Waals surface area contributed by atoms with E-state index in [1.807, 2.05) is 42.5 Å². The van der Waals surface area contributed by atoms with E-state index in [4.69, 9.17) is 5.11 Å². The standard InChI is InChI=1S/C18H21NO2/c20-13-7-6-12-18(21)19-17-11-5-4-10-16(17)14-15-8-2-1-3-9-15/h1-5,8-11,20H,6-7,12-14H2,(H,19,21). The molecule has 0 radical (unpaired) electrons. The van der Waals surface area contributed by atoms with Crippen molar-refractivity contribution < 1.29 is 9.90 Å². The van der Waals surface area contributed by atoms with Crippen LogP contribution in [0.25, 0.3) is 0 Å². The number of unbranched alkanes of at least 4 members (excludes halogenated alkanes) is 1. The number of nitrogens with one attached hydrogen (secondary N) is 1. The first-order valence-corrected chi connectivity index (χ1v) is 7.32.